The van der Waals surface area contributed by atoms with Crippen molar-refractivity contribution in [3.05, 3.63) is 59.7 Å². The number of rotatable bonds is 4. The molecule has 1 aliphatic heterocycles. The minimum Gasteiger partial charge on any atom is -0.478 e. The summed E-state index contributed by atoms with van der Waals surface area (Å²) in [4.78, 5) is 51.5. The number of amides is 3. The van der Waals surface area contributed by atoms with Gasteiger partial charge in [-0.2, -0.15) is 0 Å². The standard InChI is InChI=1S/C23H18Br2N2O5/c24-18-14-9-15(19(18)25)17-16(14)21(29)27(22(17)30)13-6-4-10(5-7-13)20(28)26-12-3-1-2-11(8-12)23(31)32/h1-8,14-19H,9H2,(H,26,28)(H,31,32)/t14-,15-,16-,17+,18-,19+/m1/s1. The molecule has 6 atom stereocenters. The van der Waals surface area contributed by atoms with Crippen LogP contribution in [0.15, 0.2) is 48.5 Å². The quantitative estimate of drug-likeness (QED) is 0.435. The van der Waals surface area contributed by atoms with Crippen molar-refractivity contribution in [2.45, 2.75) is 16.1 Å². The first-order valence-corrected chi connectivity index (χ1v) is 12.0. The van der Waals surface area contributed by atoms with Crippen molar-refractivity contribution in [3.63, 3.8) is 0 Å². The fraction of sp³-hybridized carbons (Fsp3) is 0.304. The molecule has 3 aliphatic rings. The second-order valence-electron chi connectivity index (χ2n) is 8.40. The Balaban J connectivity index is 1.34. The van der Waals surface area contributed by atoms with E-state index in [9.17, 15) is 19.2 Å². The molecule has 2 saturated carbocycles. The van der Waals surface area contributed by atoms with Crippen molar-refractivity contribution in [2.75, 3.05) is 10.2 Å². The van der Waals surface area contributed by atoms with Crippen LogP contribution in [0, 0.1) is 23.7 Å². The molecule has 32 heavy (non-hydrogen) atoms. The minimum absolute atomic E-state index is 0.0696. The number of hydrogen-bond acceptors (Lipinski definition) is 4. The molecule has 5 rings (SSSR count). The number of fused-ring (bicyclic) bond motifs is 5. The number of nitrogens with zero attached hydrogens (tertiary/aromatic N) is 1. The van der Waals surface area contributed by atoms with E-state index >= 15 is 0 Å². The molecule has 7 nitrogen and oxygen atoms in total. The Morgan fingerprint density at radius 1 is 0.906 bits per heavy atom. The monoisotopic (exact) mass is 560 g/mol. The Morgan fingerprint density at radius 2 is 1.50 bits per heavy atom. The van der Waals surface area contributed by atoms with Crippen molar-refractivity contribution in [1.82, 2.24) is 0 Å². The largest absolute Gasteiger partial charge is 0.478 e. The maximum absolute atomic E-state index is 13.1. The maximum atomic E-state index is 13.1. The zero-order valence-corrected chi connectivity index (χ0v) is 19.7. The van der Waals surface area contributed by atoms with Gasteiger partial charge >= 0.3 is 5.97 Å². The number of aromatic carboxylic acids is 1. The van der Waals surface area contributed by atoms with Crippen molar-refractivity contribution in [3.8, 4) is 0 Å². The van der Waals surface area contributed by atoms with E-state index in [4.69, 9.17) is 5.11 Å². The van der Waals surface area contributed by atoms with Gasteiger partial charge in [0.2, 0.25) is 11.8 Å². The van der Waals surface area contributed by atoms with E-state index < -0.39 is 11.9 Å². The molecule has 1 saturated heterocycles. The van der Waals surface area contributed by atoms with Gasteiger partial charge in [0.05, 0.1) is 23.1 Å². The molecule has 2 bridgehead atoms. The van der Waals surface area contributed by atoms with E-state index in [0.717, 1.165) is 6.42 Å². The Morgan fingerprint density at radius 3 is 2.06 bits per heavy atom. The zero-order valence-electron chi connectivity index (χ0n) is 16.6. The number of carbonyl (C=O) groups is 4. The molecule has 0 aromatic heterocycles. The second kappa shape index (κ2) is 7.81. The highest BCUT2D eigenvalue weighted by molar-refractivity contribution is 9.12. The van der Waals surface area contributed by atoms with Gasteiger partial charge in [0.25, 0.3) is 5.91 Å². The fourth-order valence-corrected chi connectivity index (χ4v) is 7.17. The smallest absolute Gasteiger partial charge is 0.335 e. The molecule has 9 heteroatoms. The molecule has 2 aromatic carbocycles. The van der Waals surface area contributed by atoms with Crippen LogP contribution in [-0.4, -0.2) is 38.5 Å². The molecular weight excluding hydrogens is 544 g/mol. The third-order valence-electron chi connectivity index (χ3n) is 6.74. The topological polar surface area (TPSA) is 104 Å². The normalized spacial score (nSPS) is 30.5. The number of halogens is 2. The zero-order chi connectivity index (χ0) is 22.7. The lowest BCUT2D eigenvalue weighted by Gasteiger charge is -2.28. The van der Waals surface area contributed by atoms with Crippen molar-refractivity contribution in [2.24, 2.45) is 23.7 Å². The molecular formula is C23H18Br2N2O5. The fourth-order valence-electron chi connectivity index (χ4n) is 5.30. The summed E-state index contributed by atoms with van der Waals surface area (Å²) in [6, 6.07) is 12.3. The summed E-state index contributed by atoms with van der Waals surface area (Å²) in [5, 5.41) is 11.7. The molecule has 2 N–H and O–H groups in total. The summed E-state index contributed by atoms with van der Waals surface area (Å²) in [6.07, 6.45) is 0.870. The summed E-state index contributed by atoms with van der Waals surface area (Å²) in [5.41, 5.74) is 1.21. The highest BCUT2D eigenvalue weighted by Crippen LogP contribution is 2.60. The van der Waals surface area contributed by atoms with Crippen molar-refractivity contribution in [1.29, 1.82) is 0 Å². The highest BCUT2D eigenvalue weighted by atomic mass is 79.9. The molecule has 2 aliphatic carbocycles. The van der Waals surface area contributed by atoms with Crippen LogP contribution in [0.1, 0.15) is 27.1 Å². The van der Waals surface area contributed by atoms with Gasteiger partial charge in [0.1, 0.15) is 0 Å². The van der Waals surface area contributed by atoms with Crippen LogP contribution in [-0.2, 0) is 9.59 Å². The number of imide groups is 1. The average Bonchev–Trinajstić information content (AvgIpc) is 3.39. The van der Waals surface area contributed by atoms with Crippen LogP contribution in [0.2, 0.25) is 0 Å². The summed E-state index contributed by atoms with van der Waals surface area (Å²) in [6.45, 7) is 0. The van der Waals surface area contributed by atoms with E-state index in [1.807, 2.05) is 0 Å². The Kier molecular flexibility index (Phi) is 5.21. The number of benzene rings is 2. The Bertz CT molecular complexity index is 1120. The average molecular weight is 562 g/mol. The van der Waals surface area contributed by atoms with Crippen LogP contribution in [0.5, 0.6) is 0 Å². The van der Waals surface area contributed by atoms with Crippen LogP contribution < -0.4 is 10.2 Å². The summed E-state index contributed by atoms with van der Waals surface area (Å²) >= 11 is 7.36. The first-order valence-electron chi connectivity index (χ1n) is 10.2. The van der Waals surface area contributed by atoms with Crippen LogP contribution in [0.4, 0.5) is 11.4 Å². The second-order valence-corrected chi connectivity index (χ2v) is 10.5. The number of hydrogen-bond donors (Lipinski definition) is 2. The number of alkyl halides is 2. The lowest BCUT2D eigenvalue weighted by molar-refractivity contribution is -0.123. The lowest BCUT2D eigenvalue weighted by Crippen LogP contribution is -2.37. The van der Waals surface area contributed by atoms with Gasteiger partial charge in [-0.05, 0) is 60.7 Å². The number of carbonyl (C=O) groups excluding carboxylic acids is 3. The van der Waals surface area contributed by atoms with Crippen LogP contribution >= 0.6 is 31.9 Å². The van der Waals surface area contributed by atoms with Gasteiger partial charge in [-0.1, -0.05) is 37.9 Å². The van der Waals surface area contributed by atoms with E-state index in [0.29, 0.717) is 16.9 Å². The SMILES string of the molecule is O=C(O)c1cccc(NC(=O)c2ccc(N3C(=O)[C@@H]4[C@H]5C[C@@H]([C@H](Br)[C@@H]5Br)[C@@H]4C3=O)cc2)c1. The maximum Gasteiger partial charge on any atom is 0.335 e. The molecule has 1 heterocycles. The number of carboxylic acid groups (broad SMARTS) is 1. The highest BCUT2D eigenvalue weighted by Gasteiger charge is 2.66. The van der Waals surface area contributed by atoms with E-state index in [1.54, 1.807) is 36.4 Å². The first-order chi connectivity index (χ1) is 15.3. The van der Waals surface area contributed by atoms with E-state index in [-0.39, 0.29) is 50.7 Å². The number of anilines is 2. The third-order valence-corrected chi connectivity index (χ3v) is 9.95. The number of carboxylic acids is 1. The lowest BCUT2D eigenvalue weighted by atomic mass is 9.81. The summed E-state index contributed by atoms with van der Waals surface area (Å²) < 4.78 is 0. The van der Waals surface area contributed by atoms with Gasteiger partial charge in [0.15, 0.2) is 0 Å². The van der Waals surface area contributed by atoms with Crippen molar-refractivity contribution < 1.29 is 24.3 Å². The molecule has 2 aromatic rings. The predicted octanol–water partition coefficient (Wildman–Crippen LogP) is 3.92. The summed E-state index contributed by atoms with van der Waals surface area (Å²) in [7, 11) is 0. The Labute approximate surface area is 200 Å². The van der Waals surface area contributed by atoms with Crippen LogP contribution in [0.3, 0.4) is 0 Å². The van der Waals surface area contributed by atoms with Crippen LogP contribution in [0.25, 0.3) is 0 Å². The minimum atomic E-state index is -1.08. The first kappa shape index (κ1) is 21.3. The van der Waals surface area contributed by atoms with Gasteiger partial charge in [-0.15, -0.1) is 0 Å². The molecule has 3 amide bonds. The van der Waals surface area contributed by atoms with Crippen molar-refractivity contribution >= 4 is 66.9 Å². The van der Waals surface area contributed by atoms with Gasteiger partial charge in [-0.3, -0.25) is 19.3 Å². The molecule has 0 spiro atoms. The molecule has 3 fully saturated rings. The Hall–Kier alpha value is -2.52. The third kappa shape index (κ3) is 3.21. The number of nitrogens with one attached hydrogen (secondary N) is 1. The van der Waals surface area contributed by atoms with Gasteiger partial charge in [0, 0.05) is 20.9 Å². The summed E-state index contributed by atoms with van der Waals surface area (Å²) in [5.74, 6) is -2.15. The van der Waals surface area contributed by atoms with Gasteiger partial charge < -0.3 is 10.4 Å². The van der Waals surface area contributed by atoms with E-state index in [1.165, 1.54) is 17.0 Å². The predicted molar refractivity (Wildman–Crippen MR) is 124 cm³/mol. The van der Waals surface area contributed by atoms with Gasteiger partial charge in [-0.25, -0.2) is 4.79 Å². The molecule has 164 valence electrons. The van der Waals surface area contributed by atoms with E-state index in [2.05, 4.69) is 37.2 Å². The molecule has 0 unspecified atom stereocenters. The molecule has 0 radical (unpaired) electrons.